The largest absolute Gasteiger partial charge is 0.497 e. The minimum absolute atomic E-state index is 0.186. The van der Waals surface area contributed by atoms with Crippen LogP contribution in [0.2, 0.25) is 0 Å². The fourth-order valence-corrected chi connectivity index (χ4v) is 3.12. The molecule has 5 nitrogen and oxygen atoms in total. The van der Waals surface area contributed by atoms with E-state index >= 15 is 0 Å². The lowest BCUT2D eigenvalue weighted by molar-refractivity contribution is -0.134. The summed E-state index contributed by atoms with van der Waals surface area (Å²) in [4.78, 5) is 9.00. The van der Waals surface area contributed by atoms with Gasteiger partial charge in [-0.25, -0.2) is 4.39 Å². The third-order valence-corrected chi connectivity index (χ3v) is 4.43. The Morgan fingerprint density at radius 3 is 2.33 bits per heavy atom. The molecular weight excluding hydrogens is 349 g/mol. The van der Waals surface area contributed by atoms with Crippen LogP contribution in [0, 0.1) is 11.7 Å². The van der Waals surface area contributed by atoms with Crippen molar-refractivity contribution in [2.75, 3.05) is 26.8 Å². The number of carboxylic acid groups (broad SMARTS) is 1. The van der Waals surface area contributed by atoms with Gasteiger partial charge in [-0.1, -0.05) is 12.1 Å². The summed E-state index contributed by atoms with van der Waals surface area (Å²) in [6.45, 7) is 3.63. The SMILES string of the molecule is CC(=O)O.COc1ccc(OCC2CNCCC2c2ccc(F)cc2)cc1. The molecule has 2 aromatic rings. The van der Waals surface area contributed by atoms with Gasteiger partial charge in [-0.15, -0.1) is 0 Å². The lowest BCUT2D eigenvalue weighted by Crippen LogP contribution is -2.38. The third kappa shape index (κ3) is 6.90. The van der Waals surface area contributed by atoms with Gasteiger partial charge in [-0.2, -0.15) is 0 Å². The standard InChI is InChI=1S/C19H22FNO2.C2H4O2/c1-22-17-6-8-18(9-7-17)23-13-15-12-21-11-10-19(15)14-2-4-16(20)5-3-14;1-2(3)4/h2-9,15,19,21H,10-13H2,1H3;1H3,(H,3,4). The Bertz CT molecular complexity index is 699. The van der Waals surface area contributed by atoms with E-state index in [0.717, 1.165) is 37.9 Å². The minimum atomic E-state index is -0.833. The predicted molar refractivity (Wildman–Crippen MR) is 102 cm³/mol. The van der Waals surface area contributed by atoms with Crippen molar-refractivity contribution in [3.63, 3.8) is 0 Å². The lowest BCUT2D eigenvalue weighted by atomic mass is 9.81. The number of halogens is 1. The van der Waals surface area contributed by atoms with Crippen molar-refractivity contribution in [1.82, 2.24) is 5.32 Å². The van der Waals surface area contributed by atoms with E-state index < -0.39 is 5.97 Å². The van der Waals surface area contributed by atoms with Gasteiger partial charge in [-0.05, 0) is 60.8 Å². The maximum absolute atomic E-state index is 13.1. The average Bonchev–Trinajstić information content (AvgIpc) is 2.67. The van der Waals surface area contributed by atoms with E-state index in [0.29, 0.717) is 18.4 Å². The molecular formula is C21H26FNO4. The molecule has 146 valence electrons. The second-order valence-electron chi connectivity index (χ2n) is 6.42. The molecule has 1 heterocycles. The second-order valence-corrected chi connectivity index (χ2v) is 6.42. The molecule has 1 aliphatic heterocycles. The molecule has 2 N–H and O–H groups in total. The Morgan fingerprint density at radius 2 is 1.74 bits per heavy atom. The van der Waals surface area contributed by atoms with Gasteiger partial charge < -0.3 is 19.9 Å². The molecule has 27 heavy (non-hydrogen) atoms. The number of piperidine rings is 1. The molecule has 6 heteroatoms. The van der Waals surface area contributed by atoms with Crippen molar-refractivity contribution in [2.24, 2.45) is 5.92 Å². The summed E-state index contributed by atoms with van der Waals surface area (Å²) in [5.74, 6) is 1.41. The molecule has 0 spiro atoms. The van der Waals surface area contributed by atoms with Crippen LogP contribution < -0.4 is 14.8 Å². The van der Waals surface area contributed by atoms with E-state index in [-0.39, 0.29) is 5.82 Å². The van der Waals surface area contributed by atoms with E-state index in [2.05, 4.69) is 5.32 Å². The highest BCUT2D eigenvalue weighted by Gasteiger charge is 2.27. The zero-order valence-corrected chi connectivity index (χ0v) is 15.7. The van der Waals surface area contributed by atoms with Crippen LogP contribution in [0.4, 0.5) is 4.39 Å². The third-order valence-electron chi connectivity index (χ3n) is 4.43. The van der Waals surface area contributed by atoms with Crippen LogP contribution in [0.3, 0.4) is 0 Å². The predicted octanol–water partition coefficient (Wildman–Crippen LogP) is 3.70. The summed E-state index contributed by atoms with van der Waals surface area (Å²) < 4.78 is 24.2. The molecule has 1 aliphatic rings. The Balaban J connectivity index is 0.000000596. The molecule has 2 atom stereocenters. The molecule has 0 aromatic heterocycles. The van der Waals surface area contributed by atoms with Crippen molar-refractivity contribution in [2.45, 2.75) is 19.3 Å². The van der Waals surface area contributed by atoms with Crippen LogP contribution in [0.25, 0.3) is 0 Å². The highest BCUT2D eigenvalue weighted by Crippen LogP contribution is 2.31. The molecule has 0 saturated carbocycles. The number of rotatable bonds is 5. The summed E-state index contributed by atoms with van der Waals surface area (Å²) in [5, 5.41) is 10.8. The molecule has 0 radical (unpaired) electrons. The number of hydrogen-bond acceptors (Lipinski definition) is 4. The van der Waals surface area contributed by atoms with Gasteiger partial charge in [0.2, 0.25) is 0 Å². The van der Waals surface area contributed by atoms with Crippen LogP contribution in [0.1, 0.15) is 24.8 Å². The van der Waals surface area contributed by atoms with Crippen molar-refractivity contribution in [1.29, 1.82) is 0 Å². The smallest absolute Gasteiger partial charge is 0.300 e. The van der Waals surface area contributed by atoms with E-state index in [4.69, 9.17) is 19.4 Å². The van der Waals surface area contributed by atoms with Gasteiger partial charge in [-0.3, -0.25) is 4.79 Å². The zero-order valence-electron chi connectivity index (χ0n) is 15.7. The van der Waals surface area contributed by atoms with Crippen molar-refractivity contribution < 1.29 is 23.8 Å². The van der Waals surface area contributed by atoms with E-state index in [1.165, 1.54) is 5.56 Å². The molecule has 0 amide bonds. The van der Waals surface area contributed by atoms with Gasteiger partial charge >= 0.3 is 0 Å². The molecule has 1 saturated heterocycles. The number of methoxy groups -OCH3 is 1. The molecule has 2 unspecified atom stereocenters. The summed E-state index contributed by atoms with van der Waals surface area (Å²) in [6.07, 6.45) is 1.04. The number of carboxylic acids is 1. The van der Waals surface area contributed by atoms with E-state index in [1.54, 1.807) is 19.2 Å². The van der Waals surface area contributed by atoms with Crippen LogP contribution in [0.5, 0.6) is 11.5 Å². The molecule has 1 fully saturated rings. The maximum Gasteiger partial charge on any atom is 0.300 e. The van der Waals surface area contributed by atoms with Crippen LogP contribution in [-0.4, -0.2) is 37.9 Å². The summed E-state index contributed by atoms with van der Waals surface area (Å²) in [6, 6.07) is 14.5. The van der Waals surface area contributed by atoms with Crippen LogP contribution in [-0.2, 0) is 4.79 Å². The van der Waals surface area contributed by atoms with E-state index in [1.807, 2.05) is 36.4 Å². The van der Waals surface area contributed by atoms with Gasteiger partial charge in [0, 0.05) is 19.4 Å². The topological polar surface area (TPSA) is 67.8 Å². The van der Waals surface area contributed by atoms with Gasteiger partial charge in [0.25, 0.3) is 5.97 Å². The Hall–Kier alpha value is -2.60. The number of carbonyl (C=O) groups is 1. The summed E-state index contributed by atoms with van der Waals surface area (Å²) in [7, 11) is 1.65. The number of ether oxygens (including phenoxy) is 2. The first kappa shape index (κ1) is 20.7. The lowest BCUT2D eigenvalue weighted by Gasteiger charge is -2.32. The molecule has 0 aliphatic carbocycles. The highest BCUT2D eigenvalue weighted by atomic mass is 19.1. The Kier molecular flexibility index (Phi) is 8.07. The Labute approximate surface area is 159 Å². The van der Waals surface area contributed by atoms with E-state index in [9.17, 15) is 4.39 Å². The van der Waals surface area contributed by atoms with Crippen LogP contribution >= 0.6 is 0 Å². The average molecular weight is 375 g/mol. The van der Waals surface area contributed by atoms with Crippen molar-refractivity contribution in [3.8, 4) is 11.5 Å². The zero-order chi connectivity index (χ0) is 19.6. The van der Waals surface area contributed by atoms with Crippen molar-refractivity contribution >= 4 is 5.97 Å². The quantitative estimate of drug-likeness (QED) is 0.834. The van der Waals surface area contributed by atoms with Gasteiger partial charge in [0.15, 0.2) is 0 Å². The first-order valence-electron chi connectivity index (χ1n) is 8.92. The second kappa shape index (κ2) is 10.5. The van der Waals surface area contributed by atoms with Gasteiger partial charge in [0.05, 0.1) is 13.7 Å². The summed E-state index contributed by atoms with van der Waals surface area (Å²) in [5.41, 5.74) is 1.19. The fraction of sp³-hybridized carbons (Fsp3) is 0.381. The first-order chi connectivity index (χ1) is 13.0. The highest BCUT2D eigenvalue weighted by molar-refractivity contribution is 5.62. The maximum atomic E-state index is 13.1. The first-order valence-corrected chi connectivity index (χ1v) is 8.92. The van der Waals surface area contributed by atoms with Crippen LogP contribution in [0.15, 0.2) is 48.5 Å². The number of aliphatic carboxylic acids is 1. The fourth-order valence-electron chi connectivity index (χ4n) is 3.12. The normalized spacial score (nSPS) is 18.8. The molecule has 0 bridgehead atoms. The number of hydrogen-bond donors (Lipinski definition) is 2. The summed E-state index contributed by atoms with van der Waals surface area (Å²) >= 11 is 0. The number of nitrogens with one attached hydrogen (secondary N) is 1. The molecule has 2 aromatic carbocycles. The number of benzene rings is 2. The molecule has 3 rings (SSSR count). The minimum Gasteiger partial charge on any atom is -0.497 e. The monoisotopic (exact) mass is 375 g/mol. The van der Waals surface area contributed by atoms with Gasteiger partial charge in [0.1, 0.15) is 17.3 Å². The Morgan fingerprint density at radius 1 is 1.15 bits per heavy atom. The van der Waals surface area contributed by atoms with Crippen molar-refractivity contribution in [3.05, 3.63) is 59.9 Å².